The molecule has 0 saturated carbocycles. The molecule has 4 nitrogen and oxygen atoms in total. The molecule has 1 aromatic carbocycles. The molecular weight excluding hydrogens is 463 g/mol. The van der Waals surface area contributed by atoms with Crippen LogP contribution in [-0.4, -0.2) is 52.1 Å². The Bertz CT molecular complexity index is 997. The van der Waals surface area contributed by atoms with Gasteiger partial charge in [0.15, 0.2) is 0 Å². The molecule has 3 aromatic rings. The molecule has 0 amide bonds. The summed E-state index contributed by atoms with van der Waals surface area (Å²) in [5.41, 5.74) is 7.31. The first-order chi connectivity index (χ1) is 14.2. The first-order valence-corrected chi connectivity index (χ1v) is 11.1. The number of fused-ring (bicyclic) bond motifs is 3. The molecule has 1 fully saturated rings. The van der Waals surface area contributed by atoms with Crippen LogP contribution in [0.25, 0.3) is 10.9 Å². The van der Waals surface area contributed by atoms with E-state index >= 15 is 0 Å². The molecule has 0 spiro atoms. The molecule has 32 heavy (non-hydrogen) atoms. The number of rotatable bonds is 4. The molecule has 0 atom stereocenters. The molecule has 1 saturated heterocycles. The fourth-order valence-corrected chi connectivity index (χ4v) is 5.30. The van der Waals surface area contributed by atoms with E-state index in [1.54, 1.807) is 11.3 Å². The summed E-state index contributed by atoms with van der Waals surface area (Å²) in [5.74, 6) is 0. The molecule has 2 aromatic heterocycles. The van der Waals surface area contributed by atoms with Gasteiger partial charge in [0.1, 0.15) is 0 Å². The lowest BCUT2D eigenvalue weighted by molar-refractivity contribution is 0.109. The summed E-state index contributed by atoms with van der Waals surface area (Å²) >= 11 is 0. The Hall–Kier alpha value is -1.30. The van der Waals surface area contributed by atoms with Crippen molar-refractivity contribution in [2.75, 3.05) is 26.7 Å². The minimum Gasteiger partial charge on any atom is -0.344 e. The van der Waals surface area contributed by atoms with Gasteiger partial charge in [0, 0.05) is 61.1 Å². The smallest absolute Gasteiger partial charge is 0.0486 e. The average Bonchev–Trinajstić information content (AvgIpc) is 3.06. The summed E-state index contributed by atoms with van der Waals surface area (Å²) in [6, 6.07) is 12.1. The van der Waals surface area contributed by atoms with Crippen LogP contribution in [0.15, 0.2) is 42.7 Å². The minimum atomic E-state index is 0. The van der Waals surface area contributed by atoms with Crippen LogP contribution in [0.1, 0.15) is 35.2 Å². The van der Waals surface area contributed by atoms with Gasteiger partial charge in [-0.2, -0.15) is 0 Å². The number of hydrogen-bond acceptors (Lipinski definition) is 3. The van der Waals surface area contributed by atoms with Crippen molar-refractivity contribution in [2.24, 2.45) is 0 Å². The van der Waals surface area contributed by atoms with E-state index in [2.05, 4.69) is 63.7 Å². The fraction of sp³-hybridized carbons (Fsp3) is 0.480. The van der Waals surface area contributed by atoms with Crippen LogP contribution in [0.5, 0.6) is 0 Å². The van der Waals surface area contributed by atoms with E-state index in [1.807, 2.05) is 12.4 Å². The van der Waals surface area contributed by atoms with Crippen molar-refractivity contribution < 1.29 is 0 Å². The molecule has 5 rings (SSSR count). The normalized spacial score (nSPS) is 17.2. The van der Waals surface area contributed by atoms with Gasteiger partial charge in [-0.05, 0) is 81.7 Å². The van der Waals surface area contributed by atoms with Crippen molar-refractivity contribution in [1.29, 1.82) is 0 Å². The monoisotopic (exact) mass is 496 g/mol. The van der Waals surface area contributed by atoms with Gasteiger partial charge in [0.05, 0.1) is 0 Å². The molecule has 0 unspecified atom stereocenters. The molecule has 2 aliphatic heterocycles. The van der Waals surface area contributed by atoms with Crippen molar-refractivity contribution in [3.05, 3.63) is 65.1 Å². The molecule has 0 N–H and O–H groups in total. The molecule has 2 aliphatic rings. The standard InChI is InChI=1S/C25H32N4.3ClH/c1-19-3-4-24-22(17-19)23-18-28(21-8-13-27(2)14-9-21)15-10-25(23)29(24)16-7-20-5-11-26-12-6-20;;;/h3-6,11-12,17,21H,7-10,13-16,18H2,1-2H3;3*1H. The van der Waals surface area contributed by atoms with Crippen LogP contribution in [-0.2, 0) is 25.9 Å². The zero-order valence-electron chi connectivity index (χ0n) is 19.0. The average molecular weight is 498 g/mol. The predicted octanol–water partition coefficient (Wildman–Crippen LogP) is 5.31. The van der Waals surface area contributed by atoms with E-state index in [1.165, 1.54) is 60.9 Å². The Morgan fingerprint density at radius 2 is 1.69 bits per heavy atom. The molecular formula is C25H35Cl3N4. The number of piperidine rings is 1. The Morgan fingerprint density at radius 3 is 2.41 bits per heavy atom. The van der Waals surface area contributed by atoms with Gasteiger partial charge in [-0.25, -0.2) is 0 Å². The summed E-state index contributed by atoms with van der Waals surface area (Å²) in [6.07, 6.45) is 8.66. The third-order valence-corrected chi connectivity index (χ3v) is 7.02. The van der Waals surface area contributed by atoms with E-state index in [4.69, 9.17) is 0 Å². The van der Waals surface area contributed by atoms with Gasteiger partial charge in [0.2, 0.25) is 0 Å². The molecule has 7 heteroatoms. The summed E-state index contributed by atoms with van der Waals surface area (Å²) in [4.78, 5) is 9.40. The Labute approximate surface area is 210 Å². The Kier molecular flexibility index (Phi) is 9.86. The number of pyridine rings is 1. The fourth-order valence-electron chi connectivity index (χ4n) is 5.30. The number of benzene rings is 1. The van der Waals surface area contributed by atoms with Gasteiger partial charge < -0.3 is 9.47 Å². The quantitative estimate of drug-likeness (QED) is 0.488. The Balaban J connectivity index is 0.00000121. The van der Waals surface area contributed by atoms with Gasteiger partial charge >= 0.3 is 0 Å². The van der Waals surface area contributed by atoms with E-state index < -0.39 is 0 Å². The van der Waals surface area contributed by atoms with Crippen LogP contribution < -0.4 is 0 Å². The molecule has 0 radical (unpaired) electrons. The second-order valence-corrected chi connectivity index (χ2v) is 8.96. The number of aryl methyl sites for hydroxylation is 3. The van der Waals surface area contributed by atoms with Crippen LogP contribution >= 0.6 is 37.2 Å². The maximum atomic E-state index is 4.16. The topological polar surface area (TPSA) is 24.3 Å². The number of likely N-dealkylation sites (tertiary alicyclic amines) is 1. The van der Waals surface area contributed by atoms with Crippen molar-refractivity contribution in [2.45, 2.75) is 51.7 Å². The van der Waals surface area contributed by atoms with Crippen molar-refractivity contribution in [3.63, 3.8) is 0 Å². The van der Waals surface area contributed by atoms with Crippen LogP contribution in [0.4, 0.5) is 0 Å². The number of aromatic nitrogens is 2. The number of halogens is 3. The highest BCUT2D eigenvalue weighted by atomic mass is 35.5. The van der Waals surface area contributed by atoms with E-state index in [-0.39, 0.29) is 37.2 Å². The highest BCUT2D eigenvalue weighted by Gasteiger charge is 2.29. The molecule has 0 bridgehead atoms. The molecule has 0 aliphatic carbocycles. The maximum Gasteiger partial charge on any atom is 0.0486 e. The second kappa shape index (κ2) is 11.7. The van der Waals surface area contributed by atoms with Crippen LogP contribution in [0, 0.1) is 6.92 Å². The predicted molar refractivity (Wildman–Crippen MR) is 141 cm³/mol. The van der Waals surface area contributed by atoms with Gasteiger partial charge in [-0.3, -0.25) is 9.88 Å². The van der Waals surface area contributed by atoms with Crippen molar-refractivity contribution in [1.82, 2.24) is 19.4 Å². The van der Waals surface area contributed by atoms with E-state index in [0.717, 1.165) is 25.6 Å². The SMILES string of the molecule is Cc1ccc2c(c1)c1c(n2CCc2ccncc2)CCN(C2CCN(C)CC2)C1.Cl.Cl.Cl. The largest absolute Gasteiger partial charge is 0.344 e. The van der Waals surface area contributed by atoms with Crippen LogP contribution in [0.2, 0.25) is 0 Å². The summed E-state index contributed by atoms with van der Waals surface area (Å²) in [6.45, 7) is 8.06. The minimum absolute atomic E-state index is 0. The zero-order chi connectivity index (χ0) is 19.8. The zero-order valence-corrected chi connectivity index (χ0v) is 21.4. The third kappa shape index (κ3) is 5.43. The highest BCUT2D eigenvalue weighted by Crippen LogP contribution is 2.33. The first-order valence-electron chi connectivity index (χ1n) is 11.1. The summed E-state index contributed by atoms with van der Waals surface area (Å²) in [7, 11) is 2.25. The van der Waals surface area contributed by atoms with Gasteiger partial charge in [-0.1, -0.05) is 11.6 Å². The first kappa shape index (κ1) is 26.9. The van der Waals surface area contributed by atoms with Gasteiger partial charge in [0.25, 0.3) is 0 Å². The molecule has 176 valence electrons. The number of hydrogen-bond donors (Lipinski definition) is 0. The Morgan fingerprint density at radius 1 is 0.969 bits per heavy atom. The highest BCUT2D eigenvalue weighted by molar-refractivity contribution is 5.86. The lowest BCUT2D eigenvalue weighted by Crippen LogP contribution is -2.45. The summed E-state index contributed by atoms with van der Waals surface area (Å²) in [5, 5.41) is 1.48. The van der Waals surface area contributed by atoms with Crippen LogP contribution in [0.3, 0.4) is 0 Å². The summed E-state index contributed by atoms with van der Waals surface area (Å²) < 4.78 is 2.61. The lowest BCUT2D eigenvalue weighted by Gasteiger charge is -2.39. The lowest BCUT2D eigenvalue weighted by atomic mass is 9.97. The third-order valence-electron chi connectivity index (χ3n) is 7.02. The number of nitrogens with zero attached hydrogens (tertiary/aromatic N) is 4. The molecule has 4 heterocycles. The van der Waals surface area contributed by atoms with Crippen molar-refractivity contribution >= 4 is 48.1 Å². The van der Waals surface area contributed by atoms with E-state index in [0.29, 0.717) is 0 Å². The van der Waals surface area contributed by atoms with Gasteiger partial charge in [-0.15, -0.1) is 37.2 Å². The van der Waals surface area contributed by atoms with E-state index in [9.17, 15) is 0 Å². The van der Waals surface area contributed by atoms with Crippen molar-refractivity contribution in [3.8, 4) is 0 Å². The second-order valence-electron chi connectivity index (χ2n) is 8.96. The maximum absolute atomic E-state index is 4.16.